The van der Waals surface area contributed by atoms with E-state index in [-0.39, 0.29) is 5.90 Å². The molecule has 1 aliphatic heterocycles. The molecule has 0 bridgehead atoms. The van der Waals surface area contributed by atoms with Gasteiger partial charge in [0.2, 0.25) is 5.90 Å². The van der Waals surface area contributed by atoms with Crippen molar-refractivity contribution in [2.45, 2.75) is 24.3 Å². The second-order valence-electron chi connectivity index (χ2n) is 10.0. The van der Waals surface area contributed by atoms with Crippen LogP contribution in [0.15, 0.2) is 78.3 Å². The number of ether oxygens (including phenoxy) is 4. The minimum Gasteiger partial charge on any atom is -0.497 e. The first-order valence-electron chi connectivity index (χ1n) is 13.0. The number of nitrogens with zero attached hydrogens (tertiary/aromatic N) is 1. The third-order valence-electron chi connectivity index (χ3n) is 7.28. The monoisotopic (exact) mass is 625 g/mol. The predicted octanol–water partition coefficient (Wildman–Crippen LogP) is 5.47. The first-order valence-corrected chi connectivity index (χ1v) is 13.0. The summed E-state index contributed by atoms with van der Waals surface area (Å²) < 4.78 is 98.2. The van der Waals surface area contributed by atoms with E-state index in [1.54, 1.807) is 42.5 Å². The molecule has 0 unspecified atom stereocenters. The van der Waals surface area contributed by atoms with E-state index in [0.717, 1.165) is 12.2 Å². The van der Waals surface area contributed by atoms with E-state index in [0.29, 0.717) is 16.9 Å². The van der Waals surface area contributed by atoms with Crippen LogP contribution in [0.4, 0.5) is 26.3 Å². The number of carbonyl (C=O) groups is 3. The van der Waals surface area contributed by atoms with Gasteiger partial charge >= 0.3 is 30.3 Å². The van der Waals surface area contributed by atoms with Gasteiger partial charge < -0.3 is 18.9 Å². The van der Waals surface area contributed by atoms with E-state index < -0.39 is 72.7 Å². The summed E-state index contributed by atoms with van der Waals surface area (Å²) in [6.45, 7) is -0.685. The van der Waals surface area contributed by atoms with Gasteiger partial charge in [-0.15, -0.1) is 6.58 Å². The fourth-order valence-electron chi connectivity index (χ4n) is 5.33. The van der Waals surface area contributed by atoms with E-state index in [1.165, 1.54) is 25.3 Å². The highest BCUT2D eigenvalue weighted by Crippen LogP contribution is 2.59. The lowest BCUT2D eigenvalue weighted by Crippen LogP contribution is -2.52. The highest BCUT2D eigenvalue weighted by atomic mass is 19.4. The molecule has 4 rings (SSSR count). The van der Waals surface area contributed by atoms with Crippen LogP contribution in [0.25, 0.3) is 6.08 Å². The molecular weight excluding hydrogens is 600 g/mol. The molecule has 2 aliphatic rings. The number of halogens is 6. The number of hydrogen-bond donors (Lipinski definition) is 0. The standard InChI is InChI=1S/C30H25F6NO7/c1-3-20-15-27(24(38)42-16-28(31,32)33,25(39)43-17-29(34,35)36)22(14-11-18-9-12-21(41-2)13-10-18)30(20)26(40)44-23(37-30)19-7-5-4-6-8-19/h3-14,20,22H,1,15-17H2,2H3/b14-11+/t20-,22-,30+/m1/s1. The fourth-order valence-corrected chi connectivity index (χ4v) is 5.33. The minimum atomic E-state index is -5.06. The lowest BCUT2D eigenvalue weighted by molar-refractivity contribution is -0.208. The average Bonchev–Trinajstić information content (AvgIpc) is 3.48. The number of cyclic esters (lactones) is 1. The van der Waals surface area contributed by atoms with Crippen molar-refractivity contribution < 1.29 is 59.7 Å². The van der Waals surface area contributed by atoms with Gasteiger partial charge in [0.1, 0.15) is 5.75 Å². The molecule has 1 fully saturated rings. The average molecular weight is 626 g/mol. The number of carbonyl (C=O) groups excluding carboxylic acids is 3. The number of alkyl halides is 6. The van der Waals surface area contributed by atoms with Gasteiger partial charge in [-0.3, -0.25) is 9.59 Å². The van der Waals surface area contributed by atoms with Crippen molar-refractivity contribution in [1.29, 1.82) is 0 Å². The van der Waals surface area contributed by atoms with E-state index in [1.807, 2.05) is 0 Å². The number of aliphatic imine (C=N–C) groups is 1. The van der Waals surface area contributed by atoms with Crippen molar-refractivity contribution >= 4 is 29.9 Å². The number of methoxy groups -OCH3 is 1. The summed E-state index contributed by atoms with van der Waals surface area (Å²) in [5, 5.41) is 0. The maximum absolute atomic E-state index is 13.7. The van der Waals surface area contributed by atoms with Crippen molar-refractivity contribution in [2.75, 3.05) is 20.3 Å². The Morgan fingerprint density at radius 3 is 2.05 bits per heavy atom. The molecule has 0 N–H and O–H groups in total. The maximum Gasteiger partial charge on any atom is 0.422 e. The molecule has 3 atom stereocenters. The molecular formula is C30H25F6NO7. The molecule has 44 heavy (non-hydrogen) atoms. The molecule has 1 saturated carbocycles. The van der Waals surface area contributed by atoms with Crippen LogP contribution in [-0.2, 0) is 28.6 Å². The first kappa shape index (κ1) is 32.3. The molecule has 2 aromatic carbocycles. The zero-order valence-corrected chi connectivity index (χ0v) is 23.0. The zero-order valence-electron chi connectivity index (χ0n) is 23.0. The van der Waals surface area contributed by atoms with E-state index in [9.17, 15) is 40.7 Å². The van der Waals surface area contributed by atoms with E-state index >= 15 is 0 Å². The molecule has 0 radical (unpaired) electrons. The molecule has 14 heteroatoms. The van der Waals surface area contributed by atoms with Crippen LogP contribution in [0.1, 0.15) is 17.5 Å². The van der Waals surface area contributed by atoms with Gasteiger partial charge in [-0.2, -0.15) is 26.3 Å². The zero-order chi connectivity index (χ0) is 32.3. The number of rotatable bonds is 9. The molecule has 234 valence electrons. The number of esters is 3. The minimum absolute atomic E-state index is 0.242. The van der Waals surface area contributed by atoms with E-state index in [2.05, 4.69) is 21.0 Å². The summed E-state index contributed by atoms with van der Waals surface area (Å²) in [6.07, 6.45) is -7.36. The maximum atomic E-state index is 13.7. The summed E-state index contributed by atoms with van der Waals surface area (Å²) in [6, 6.07) is 14.1. The molecule has 0 amide bonds. The summed E-state index contributed by atoms with van der Waals surface area (Å²) >= 11 is 0. The molecule has 8 nitrogen and oxygen atoms in total. The molecule has 1 aliphatic carbocycles. The third kappa shape index (κ3) is 6.33. The van der Waals surface area contributed by atoms with Crippen molar-refractivity contribution in [2.24, 2.45) is 22.2 Å². The Bertz CT molecular complexity index is 1440. The highest BCUT2D eigenvalue weighted by molar-refractivity contribution is 6.11. The van der Waals surface area contributed by atoms with Crippen molar-refractivity contribution in [3.05, 3.63) is 84.5 Å². The Hall–Kier alpha value is -4.62. The van der Waals surface area contributed by atoms with Gasteiger partial charge in [-0.25, -0.2) is 9.79 Å². The molecule has 2 aromatic rings. The van der Waals surface area contributed by atoms with Crippen LogP contribution < -0.4 is 4.74 Å². The summed E-state index contributed by atoms with van der Waals surface area (Å²) in [5.41, 5.74) is -4.43. The number of hydrogen-bond acceptors (Lipinski definition) is 8. The normalized spacial score (nSPS) is 22.9. The second-order valence-corrected chi connectivity index (χ2v) is 10.0. The SMILES string of the molecule is C=C[C@@H]1CC(C(=O)OCC(F)(F)F)(C(=O)OCC(F)(F)F)[C@@H](/C=C/c2ccc(OC)cc2)[C@@]12N=C(c1ccccc1)OC2=O. The van der Waals surface area contributed by atoms with Gasteiger partial charge in [-0.1, -0.05) is 48.6 Å². The van der Waals surface area contributed by atoms with Crippen molar-refractivity contribution in [3.63, 3.8) is 0 Å². The lowest BCUT2D eigenvalue weighted by Gasteiger charge is -2.33. The van der Waals surface area contributed by atoms with Gasteiger partial charge in [0, 0.05) is 17.4 Å². The van der Waals surface area contributed by atoms with Gasteiger partial charge in [0.05, 0.1) is 7.11 Å². The predicted molar refractivity (Wildman–Crippen MR) is 142 cm³/mol. The largest absolute Gasteiger partial charge is 0.497 e. The Kier molecular flexibility index (Phi) is 8.93. The molecule has 0 saturated heterocycles. The Balaban J connectivity index is 1.94. The quantitative estimate of drug-likeness (QED) is 0.120. The van der Waals surface area contributed by atoms with Gasteiger partial charge in [0.15, 0.2) is 24.2 Å². The Morgan fingerprint density at radius 2 is 1.55 bits per heavy atom. The second kappa shape index (κ2) is 12.2. The van der Waals surface area contributed by atoms with E-state index in [4.69, 9.17) is 9.47 Å². The van der Waals surface area contributed by atoms with Crippen LogP contribution >= 0.6 is 0 Å². The highest BCUT2D eigenvalue weighted by Gasteiger charge is 2.74. The van der Waals surface area contributed by atoms with Crippen LogP contribution in [0, 0.1) is 17.3 Å². The van der Waals surface area contributed by atoms with Gasteiger partial charge in [0.25, 0.3) is 0 Å². The van der Waals surface area contributed by atoms with Crippen LogP contribution in [-0.4, -0.2) is 62.0 Å². The van der Waals surface area contributed by atoms with Crippen LogP contribution in [0.2, 0.25) is 0 Å². The first-order chi connectivity index (χ1) is 20.7. The summed E-state index contributed by atoms with van der Waals surface area (Å²) in [5.74, 6) is -7.76. The molecule has 0 aromatic heterocycles. The smallest absolute Gasteiger partial charge is 0.422 e. The summed E-state index contributed by atoms with van der Waals surface area (Å²) in [4.78, 5) is 45.3. The number of benzene rings is 2. The lowest BCUT2D eigenvalue weighted by atomic mass is 9.71. The van der Waals surface area contributed by atoms with Gasteiger partial charge in [-0.05, 0) is 36.2 Å². The molecule has 1 spiro atoms. The van der Waals surface area contributed by atoms with Crippen LogP contribution in [0.3, 0.4) is 0 Å². The molecule has 1 heterocycles. The van der Waals surface area contributed by atoms with Crippen molar-refractivity contribution in [3.8, 4) is 5.75 Å². The fraction of sp³-hybridized carbons (Fsp3) is 0.333. The Morgan fingerprint density at radius 1 is 0.977 bits per heavy atom. The third-order valence-corrected chi connectivity index (χ3v) is 7.28. The topological polar surface area (TPSA) is 100 Å². The Labute approximate surface area is 246 Å². The van der Waals surface area contributed by atoms with Crippen molar-refractivity contribution in [1.82, 2.24) is 0 Å². The van der Waals surface area contributed by atoms with Crippen LogP contribution in [0.5, 0.6) is 5.75 Å². The summed E-state index contributed by atoms with van der Waals surface area (Å²) in [7, 11) is 1.42.